The number of aromatic nitrogens is 4. The van der Waals surface area contributed by atoms with E-state index in [1.54, 1.807) is 10.9 Å². The van der Waals surface area contributed by atoms with Crippen LogP contribution in [0.15, 0.2) is 18.3 Å². The van der Waals surface area contributed by atoms with Gasteiger partial charge in [0.15, 0.2) is 11.6 Å². The van der Waals surface area contributed by atoms with Gasteiger partial charge in [-0.1, -0.05) is 0 Å². The molecule has 17 heavy (non-hydrogen) atoms. The van der Waals surface area contributed by atoms with E-state index in [-0.39, 0.29) is 5.78 Å². The third kappa shape index (κ3) is 1.63. The SMILES string of the molecule is Cc1ccc(-n2ncc3c2CCCC3=O)nn1. The third-order valence-electron chi connectivity index (χ3n) is 2.99. The zero-order chi connectivity index (χ0) is 11.8. The normalized spacial score (nSPS) is 14.8. The van der Waals surface area contributed by atoms with Crippen molar-refractivity contribution in [2.75, 3.05) is 0 Å². The van der Waals surface area contributed by atoms with Gasteiger partial charge in [-0.3, -0.25) is 4.79 Å². The predicted octanol–water partition coefficient (Wildman–Crippen LogP) is 1.49. The minimum Gasteiger partial charge on any atom is -0.294 e. The molecule has 0 aliphatic heterocycles. The fourth-order valence-electron chi connectivity index (χ4n) is 2.10. The summed E-state index contributed by atoms with van der Waals surface area (Å²) < 4.78 is 1.72. The maximum Gasteiger partial charge on any atom is 0.175 e. The van der Waals surface area contributed by atoms with Gasteiger partial charge in [-0.05, 0) is 31.9 Å². The van der Waals surface area contributed by atoms with Gasteiger partial charge in [-0.15, -0.1) is 5.10 Å². The van der Waals surface area contributed by atoms with E-state index in [9.17, 15) is 4.79 Å². The Morgan fingerprint density at radius 1 is 1.24 bits per heavy atom. The first-order valence-electron chi connectivity index (χ1n) is 5.66. The highest BCUT2D eigenvalue weighted by atomic mass is 16.1. The first-order chi connectivity index (χ1) is 8.25. The van der Waals surface area contributed by atoms with Crippen LogP contribution in [0.3, 0.4) is 0 Å². The predicted molar refractivity (Wildman–Crippen MR) is 61.2 cm³/mol. The van der Waals surface area contributed by atoms with E-state index >= 15 is 0 Å². The number of carbonyl (C=O) groups excluding carboxylic acids is 1. The summed E-state index contributed by atoms with van der Waals surface area (Å²) in [7, 11) is 0. The van der Waals surface area contributed by atoms with Gasteiger partial charge in [0.05, 0.1) is 23.1 Å². The van der Waals surface area contributed by atoms with Gasteiger partial charge in [0.25, 0.3) is 0 Å². The fourth-order valence-corrected chi connectivity index (χ4v) is 2.10. The number of nitrogens with zero attached hydrogens (tertiary/aromatic N) is 4. The first-order valence-corrected chi connectivity index (χ1v) is 5.66. The zero-order valence-electron chi connectivity index (χ0n) is 9.55. The monoisotopic (exact) mass is 228 g/mol. The lowest BCUT2D eigenvalue weighted by Crippen LogP contribution is -2.13. The Morgan fingerprint density at radius 2 is 2.12 bits per heavy atom. The summed E-state index contributed by atoms with van der Waals surface area (Å²) >= 11 is 0. The lowest BCUT2D eigenvalue weighted by Gasteiger charge is -2.12. The molecule has 2 aromatic heterocycles. The van der Waals surface area contributed by atoms with Crippen LogP contribution in [0.2, 0.25) is 0 Å². The Kier molecular flexibility index (Phi) is 2.24. The van der Waals surface area contributed by atoms with Crippen LogP contribution in [0.4, 0.5) is 0 Å². The van der Waals surface area contributed by atoms with Gasteiger partial charge in [0, 0.05) is 6.42 Å². The van der Waals surface area contributed by atoms with Gasteiger partial charge < -0.3 is 0 Å². The lowest BCUT2D eigenvalue weighted by atomic mass is 9.97. The summed E-state index contributed by atoms with van der Waals surface area (Å²) in [6, 6.07) is 3.76. The molecular weight excluding hydrogens is 216 g/mol. The molecule has 0 fully saturated rings. The Morgan fingerprint density at radius 3 is 2.88 bits per heavy atom. The van der Waals surface area contributed by atoms with E-state index in [2.05, 4.69) is 15.3 Å². The molecule has 0 atom stereocenters. The van der Waals surface area contributed by atoms with E-state index in [1.807, 2.05) is 19.1 Å². The third-order valence-corrected chi connectivity index (χ3v) is 2.99. The Hall–Kier alpha value is -2.04. The van der Waals surface area contributed by atoms with E-state index in [1.165, 1.54) is 0 Å². The standard InChI is InChI=1S/C12H12N4O/c1-8-5-6-12(15-14-8)16-10-3-2-4-11(17)9(10)7-13-16/h5-7H,2-4H2,1H3. The van der Waals surface area contributed by atoms with E-state index in [0.717, 1.165) is 29.8 Å². The molecule has 0 amide bonds. The van der Waals surface area contributed by atoms with Crippen molar-refractivity contribution >= 4 is 5.78 Å². The molecule has 86 valence electrons. The second kappa shape index (κ2) is 3.76. The van der Waals surface area contributed by atoms with Gasteiger partial charge in [-0.25, -0.2) is 4.68 Å². The lowest BCUT2D eigenvalue weighted by molar-refractivity contribution is 0.0972. The number of rotatable bonds is 1. The molecule has 1 aliphatic rings. The topological polar surface area (TPSA) is 60.7 Å². The highest BCUT2D eigenvalue weighted by Gasteiger charge is 2.22. The molecule has 1 aliphatic carbocycles. The highest BCUT2D eigenvalue weighted by Crippen LogP contribution is 2.22. The molecule has 0 spiro atoms. The molecule has 0 unspecified atom stereocenters. The molecule has 0 N–H and O–H groups in total. The van der Waals surface area contributed by atoms with E-state index < -0.39 is 0 Å². The Balaban J connectivity index is 2.10. The summed E-state index contributed by atoms with van der Waals surface area (Å²) in [5.41, 5.74) is 2.56. The summed E-state index contributed by atoms with van der Waals surface area (Å²) in [5.74, 6) is 0.851. The van der Waals surface area contributed by atoms with Gasteiger partial charge in [-0.2, -0.15) is 10.2 Å². The number of aryl methyl sites for hydroxylation is 1. The first kappa shape index (κ1) is 10.1. The maximum absolute atomic E-state index is 11.7. The molecule has 0 radical (unpaired) electrons. The summed E-state index contributed by atoms with van der Waals surface area (Å²) in [6.45, 7) is 1.89. The van der Waals surface area contributed by atoms with E-state index in [4.69, 9.17) is 0 Å². The molecule has 0 bridgehead atoms. The Bertz CT molecular complexity index is 571. The second-order valence-electron chi connectivity index (χ2n) is 4.23. The average molecular weight is 228 g/mol. The van der Waals surface area contributed by atoms with Crippen LogP contribution >= 0.6 is 0 Å². The largest absolute Gasteiger partial charge is 0.294 e. The second-order valence-corrected chi connectivity index (χ2v) is 4.23. The highest BCUT2D eigenvalue weighted by molar-refractivity contribution is 5.97. The summed E-state index contributed by atoms with van der Waals surface area (Å²) in [5, 5.41) is 12.3. The summed E-state index contributed by atoms with van der Waals surface area (Å²) in [6.07, 6.45) is 4.02. The quantitative estimate of drug-likeness (QED) is 0.742. The molecule has 0 saturated heterocycles. The number of hydrogen-bond donors (Lipinski definition) is 0. The van der Waals surface area contributed by atoms with Crippen LogP contribution in [0.25, 0.3) is 5.82 Å². The molecule has 0 aromatic carbocycles. The zero-order valence-corrected chi connectivity index (χ0v) is 9.55. The molecule has 5 nitrogen and oxygen atoms in total. The number of Topliss-reactive ketones (excluding diaryl/α,β-unsaturated/α-hetero) is 1. The van der Waals surface area contributed by atoms with Gasteiger partial charge in [0.1, 0.15) is 0 Å². The minimum absolute atomic E-state index is 0.178. The maximum atomic E-state index is 11.7. The molecule has 5 heteroatoms. The van der Waals surface area contributed by atoms with Crippen LogP contribution in [0.5, 0.6) is 0 Å². The number of ketones is 1. The van der Waals surface area contributed by atoms with Crippen molar-refractivity contribution in [1.29, 1.82) is 0 Å². The molecule has 3 rings (SSSR count). The number of fused-ring (bicyclic) bond motifs is 1. The van der Waals surface area contributed by atoms with Gasteiger partial charge in [0.2, 0.25) is 0 Å². The summed E-state index contributed by atoms with van der Waals surface area (Å²) in [4.78, 5) is 11.7. The smallest absolute Gasteiger partial charge is 0.175 e. The van der Waals surface area contributed by atoms with Crippen LogP contribution in [0.1, 0.15) is 34.6 Å². The number of carbonyl (C=O) groups is 1. The fraction of sp³-hybridized carbons (Fsp3) is 0.333. The van der Waals surface area contributed by atoms with Crippen LogP contribution in [-0.4, -0.2) is 25.8 Å². The van der Waals surface area contributed by atoms with E-state index in [0.29, 0.717) is 12.2 Å². The van der Waals surface area contributed by atoms with Crippen molar-refractivity contribution in [2.45, 2.75) is 26.2 Å². The van der Waals surface area contributed by atoms with Crippen molar-refractivity contribution < 1.29 is 4.79 Å². The molecule has 0 saturated carbocycles. The number of hydrogen-bond acceptors (Lipinski definition) is 4. The molecular formula is C12H12N4O. The molecule has 2 heterocycles. The van der Waals surface area contributed by atoms with Crippen molar-refractivity contribution in [3.8, 4) is 5.82 Å². The van der Waals surface area contributed by atoms with Crippen molar-refractivity contribution in [3.05, 3.63) is 35.3 Å². The van der Waals surface area contributed by atoms with Crippen molar-refractivity contribution in [1.82, 2.24) is 20.0 Å². The van der Waals surface area contributed by atoms with Crippen molar-refractivity contribution in [3.63, 3.8) is 0 Å². The van der Waals surface area contributed by atoms with Gasteiger partial charge >= 0.3 is 0 Å². The average Bonchev–Trinajstić information content (AvgIpc) is 2.75. The Labute approximate surface area is 98.5 Å². The minimum atomic E-state index is 0.178. The van der Waals surface area contributed by atoms with Crippen LogP contribution in [0, 0.1) is 6.92 Å². The van der Waals surface area contributed by atoms with Crippen molar-refractivity contribution in [2.24, 2.45) is 0 Å². The van der Waals surface area contributed by atoms with Crippen LogP contribution in [-0.2, 0) is 6.42 Å². The molecule has 2 aromatic rings. The van der Waals surface area contributed by atoms with Crippen LogP contribution < -0.4 is 0 Å².